The molecule has 3 aromatic rings. The Labute approximate surface area is 159 Å². The van der Waals surface area contributed by atoms with Crippen LogP contribution in [0.4, 0.5) is 8.78 Å². The Morgan fingerprint density at radius 3 is 2.89 bits per heavy atom. The third-order valence-electron chi connectivity index (χ3n) is 5.89. The number of aromatic amines is 1. The largest absolute Gasteiger partial charge is 0.383 e. The van der Waals surface area contributed by atoms with Crippen molar-refractivity contribution in [2.75, 3.05) is 6.54 Å². The summed E-state index contributed by atoms with van der Waals surface area (Å²) in [6.45, 7) is 0.0955. The predicted octanol–water partition coefficient (Wildman–Crippen LogP) is 2.08. The summed E-state index contributed by atoms with van der Waals surface area (Å²) in [5, 5.41) is 14.7. The molecule has 1 fully saturated rings. The molecule has 5 rings (SSSR count). The highest BCUT2D eigenvalue weighted by Gasteiger charge is 2.63. The van der Waals surface area contributed by atoms with E-state index in [1.807, 2.05) is 18.2 Å². The van der Waals surface area contributed by atoms with E-state index in [0.29, 0.717) is 24.2 Å². The van der Waals surface area contributed by atoms with Crippen LogP contribution >= 0.6 is 0 Å². The SMILES string of the molecule is O=C(N1CCc2[nH]cnc2C1c1cc2ccccn2n1)C(F)(F)C1(O)CCC1. The van der Waals surface area contributed by atoms with Crippen molar-refractivity contribution in [3.05, 3.63) is 53.9 Å². The van der Waals surface area contributed by atoms with E-state index in [0.717, 1.165) is 16.1 Å². The van der Waals surface area contributed by atoms with Crippen LogP contribution in [0.25, 0.3) is 5.52 Å². The second kappa shape index (κ2) is 5.84. The molecule has 1 unspecified atom stereocenters. The van der Waals surface area contributed by atoms with Crippen molar-refractivity contribution >= 4 is 11.4 Å². The van der Waals surface area contributed by atoms with E-state index >= 15 is 0 Å². The van der Waals surface area contributed by atoms with Crippen molar-refractivity contribution in [3.63, 3.8) is 0 Å². The maximum Gasteiger partial charge on any atom is 0.352 e. The summed E-state index contributed by atoms with van der Waals surface area (Å²) >= 11 is 0. The van der Waals surface area contributed by atoms with Gasteiger partial charge < -0.3 is 15.0 Å². The molecule has 28 heavy (non-hydrogen) atoms. The van der Waals surface area contributed by atoms with Gasteiger partial charge in [0.2, 0.25) is 0 Å². The third-order valence-corrected chi connectivity index (χ3v) is 5.89. The number of aliphatic hydroxyl groups is 1. The van der Waals surface area contributed by atoms with Gasteiger partial charge in [-0.1, -0.05) is 6.07 Å². The van der Waals surface area contributed by atoms with Crippen LogP contribution in [0, 0.1) is 0 Å². The molecule has 146 valence electrons. The summed E-state index contributed by atoms with van der Waals surface area (Å²) in [7, 11) is 0. The summed E-state index contributed by atoms with van der Waals surface area (Å²) in [6, 6.07) is 6.45. The summed E-state index contributed by atoms with van der Waals surface area (Å²) in [5.41, 5.74) is 0.302. The first-order valence-corrected chi connectivity index (χ1v) is 9.28. The average Bonchev–Trinajstić information content (AvgIpc) is 3.30. The van der Waals surface area contributed by atoms with Crippen LogP contribution in [0.3, 0.4) is 0 Å². The van der Waals surface area contributed by atoms with Gasteiger partial charge in [-0.25, -0.2) is 9.50 Å². The number of halogens is 2. The lowest BCUT2D eigenvalue weighted by atomic mass is 9.74. The van der Waals surface area contributed by atoms with Gasteiger partial charge >= 0.3 is 5.92 Å². The second-order valence-electron chi connectivity index (χ2n) is 7.52. The van der Waals surface area contributed by atoms with Gasteiger partial charge in [0, 0.05) is 24.9 Å². The van der Waals surface area contributed by atoms with E-state index in [9.17, 15) is 18.7 Å². The molecule has 2 aliphatic rings. The third kappa shape index (κ3) is 2.32. The number of carbonyl (C=O) groups is 1. The van der Waals surface area contributed by atoms with Crippen LogP contribution in [0.2, 0.25) is 0 Å². The molecular formula is C19H19F2N5O2. The van der Waals surface area contributed by atoms with Crippen molar-refractivity contribution in [1.82, 2.24) is 24.5 Å². The van der Waals surface area contributed by atoms with Crippen molar-refractivity contribution in [2.45, 2.75) is 43.2 Å². The maximum absolute atomic E-state index is 14.9. The highest BCUT2D eigenvalue weighted by Crippen LogP contribution is 2.46. The summed E-state index contributed by atoms with van der Waals surface area (Å²) < 4.78 is 31.5. The molecule has 9 heteroatoms. The van der Waals surface area contributed by atoms with Crippen molar-refractivity contribution < 1.29 is 18.7 Å². The Hall–Kier alpha value is -2.81. The lowest BCUT2D eigenvalue weighted by molar-refractivity contribution is -0.224. The number of carbonyl (C=O) groups excluding carboxylic acids is 1. The van der Waals surface area contributed by atoms with E-state index < -0.39 is 23.5 Å². The molecular weight excluding hydrogens is 368 g/mol. The zero-order chi connectivity index (χ0) is 19.5. The molecule has 1 amide bonds. The number of fused-ring (bicyclic) bond motifs is 2. The fraction of sp³-hybridized carbons (Fsp3) is 0.421. The fourth-order valence-electron chi connectivity index (χ4n) is 4.09. The Morgan fingerprint density at radius 1 is 1.36 bits per heavy atom. The minimum absolute atomic E-state index is 0.0771. The van der Waals surface area contributed by atoms with Gasteiger partial charge in [0.25, 0.3) is 5.91 Å². The van der Waals surface area contributed by atoms with Crippen LogP contribution in [0.1, 0.15) is 42.4 Å². The number of rotatable bonds is 3. The minimum atomic E-state index is -3.85. The molecule has 1 atom stereocenters. The molecule has 4 heterocycles. The molecule has 1 aliphatic carbocycles. The zero-order valence-corrected chi connectivity index (χ0v) is 15.0. The van der Waals surface area contributed by atoms with Gasteiger partial charge in [-0.15, -0.1) is 0 Å². The summed E-state index contributed by atoms with van der Waals surface area (Å²) in [4.78, 5) is 21.4. The zero-order valence-electron chi connectivity index (χ0n) is 15.0. The smallest absolute Gasteiger partial charge is 0.352 e. The van der Waals surface area contributed by atoms with E-state index in [1.54, 1.807) is 16.8 Å². The summed E-state index contributed by atoms with van der Waals surface area (Å²) in [6.07, 6.45) is 3.97. The first-order chi connectivity index (χ1) is 13.4. The number of hydrogen-bond acceptors (Lipinski definition) is 4. The van der Waals surface area contributed by atoms with Gasteiger partial charge in [0.1, 0.15) is 11.6 Å². The van der Waals surface area contributed by atoms with Gasteiger partial charge in [-0.05, 0) is 37.5 Å². The van der Waals surface area contributed by atoms with Gasteiger partial charge in [0.05, 0.1) is 23.2 Å². The van der Waals surface area contributed by atoms with Crippen molar-refractivity contribution in [2.24, 2.45) is 0 Å². The van der Waals surface area contributed by atoms with Crippen molar-refractivity contribution in [3.8, 4) is 0 Å². The number of aromatic nitrogens is 4. The van der Waals surface area contributed by atoms with Gasteiger partial charge in [-0.3, -0.25) is 4.79 Å². The Kier molecular flexibility index (Phi) is 3.61. The lowest BCUT2D eigenvalue weighted by Gasteiger charge is -2.45. The van der Waals surface area contributed by atoms with E-state index in [1.165, 1.54) is 6.33 Å². The average molecular weight is 387 g/mol. The number of H-pyrrole nitrogens is 1. The predicted molar refractivity (Wildman–Crippen MR) is 94.8 cm³/mol. The Morgan fingerprint density at radius 2 is 2.18 bits per heavy atom. The van der Waals surface area contributed by atoms with E-state index in [2.05, 4.69) is 15.1 Å². The normalized spacial score (nSPS) is 21.4. The fourth-order valence-corrected chi connectivity index (χ4v) is 4.09. The minimum Gasteiger partial charge on any atom is -0.383 e. The summed E-state index contributed by atoms with van der Waals surface area (Å²) in [5.74, 6) is -5.22. The number of nitrogens with zero attached hydrogens (tertiary/aromatic N) is 4. The number of amides is 1. The molecule has 0 bridgehead atoms. The maximum atomic E-state index is 14.9. The second-order valence-corrected chi connectivity index (χ2v) is 7.52. The molecule has 7 nitrogen and oxygen atoms in total. The molecule has 1 saturated carbocycles. The quantitative estimate of drug-likeness (QED) is 0.721. The van der Waals surface area contributed by atoms with Gasteiger partial charge in [0.15, 0.2) is 0 Å². The Bertz CT molecular complexity index is 1020. The van der Waals surface area contributed by atoms with Crippen LogP contribution in [-0.2, 0) is 11.2 Å². The first kappa shape index (κ1) is 17.3. The number of alkyl halides is 2. The van der Waals surface area contributed by atoms with Crippen LogP contribution < -0.4 is 0 Å². The van der Waals surface area contributed by atoms with Crippen LogP contribution in [0.15, 0.2) is 36.8 Å². The van der Waals surface area contributed by atoms with E-state index in [-0.39, 0.29) is 19.4 Å². The van der Waals surface area contributed by atoms with Crippen molar-refractivity contribution in [1.29, 1.82) is 0 Å². The topological polar surface area (TPSA) is 86.5 Å². The van der Waals surface area contributed by atoms with Crippen LogP contribution in [0.5, 0.6) is 0 Å². The van der Waals surface area contributed by atoms with E-state index in [4.69, 9.17) is 0 Å². The molecule has 3 aromatic heterocycles. The number of pyridine rings is 1. The molecule has 1 aliphatic heterocycles. The molecule has 0 spiro atoms. The molecule has 2 N–H and O–H groups in total. The van der Waals surface area contributed by atoms with Crippen LogP contribution in [-0.4, -0.2) is 53.6 Å². The number of hydrogen-bond donors (Lipinski definition) is 2. The molecule has 0 radical (unpaired) electrons. The first-order valence-electron chi connectivity index (χ1n) is 9.28. The van der Waals surface area contributed by atoms with Gasteiger partial charge in [-0.2, -0.15) is 13.9 Å². The number of nitrogens with one attached hydrogen (secondary N) is 1. The Balaban J connectivity index is 1.59. The molecule has 0 aromatic carbocycles. The number of imidazole rings is 1. The lowest BCUT2D eigenvalue weighted by Crippen LogP contribution is -2.62. The highest BCUT2D eigenvalue weighted by atomic mass is 19.3. The molecule has 0 saturated heterocycles. The monoisotopic (exact) mass is 387 g/mol. The highest BCUT2D eigenvalue weighted by molar-refractivity contribution is 5.86. The standard InChI is InChI=1S/C19H19F2N5O2/c20-19(21,18(28)6-3-7-18)17(27)25-9-5-13-15(23-11-22-13)16(25)14-10-12-4-1-2-8-26(12)24-14/h1-2,4,8,10-11,16,28H,3,5-7,9H2,(H,22,23).